The lowest BCUT2D eigenvalue weighted by Gasteiger charge is -2.26. The topological polar surface area (TPSA) is 79.6 Å². The summed E-state index contributed by atoms with van der Waals surface area (Å²) < 4.78 is 6.53. The predicted octanol–water partition coefficient (Wildman–Crippen LogP) is 5.03. The van der Waals surface area contributed by atoms with Crippen LogP contribution < -0.4 is 10.2 Å². The molecule has 2 heterocycles. The third-order valence-corrected chi connectivity index (χ3v) is 5.01. The number of urea groups is 1. The quantitative estimate of drug-likeness (QED) is 0.429. The lowest BCUT2D eigenvalue weighted by molar-refractivity contribution is -0.122. The smallest absolute Gasteiger partial charge is 0.335 e. The highest BCUT2D eigenvalue weighted by molar-refractivity contribution is 9.10. The van der Waals surface area contributed by atoms with E-state index < -0.39 is 17.8 Å². The average Bonchev–Trinajstić information content (AvgIpc) is 3.16. The Bertz CT molecular complexity index is 1150. The number of halogens is 2. The number of barbiturate groups is 1. The second kappa shape index (κ2) is 7.69. The Kier molecular flexibility index (Phi) is 5.08. The van der Waals surface area contributed by atoms with E-state index in [2.05, 4.69) is 21.2 Å². The van der Waals surface area contributed by atoms with Crippen molar-refractivity contribution in [3.05, 3.63) is 81.5 Å². The molecule has 8 heteroatoms. The largest absolute Gasteiger partial charge is 0.457 e. The summed E-state index contributed by atoms with van der Waals surface area (Å²) in [5, 5.41) is 2.78. The lowest BCUT2D eigenvalue weighted by Crippen LogP contribution is -2.54. The van der Waals surface area contributed by atoms with E-state index >= 15 is 0 Å². The van der Waals surface area contributed by atoms with Crippen LogP contribution in [0.25, 0.3) is 17.4 Å². The van der Waals surface area contributed by atoms with Gasteiger partial charge in [0.1, 0.15) is 17.1 Å². The Balaban J connectivity index is 1.66. The van der Waals surface area contributed by atoms with Gasteiger partial charge in [-0.15, -0.1) is 0 Å². The van der Waals surface area contributed by atoms with Crippen LogP contribution in [0.3, 0.4) is 0 Å². The van der Waals surface area contributed by atoms with E-state index in [1.807, 2.05) is 0 Å². The summed E-state index contributed by atoms with van der Waals surface area (Å²) in [5.41, 5.74) is 0.935. The molecule has 144 valence electrons. The van der Waals surface area contributed by atoms with Crippen LogP contribution in [0.5, 0.6) is 0 Å². The van der Waals surface area contributed by atoms with Gasteiger partial charge in [0, 0.05) is 15.1 Å². The van der Waals surface area contributed by atoms with Crippen LogP contribution in [0.15, 0.2) is 75.1 Å². The van der Waals surface area contributed by atoms with Crippen LogP contribution in [-0.2, 0) is 9.59 Å². The van der Waals surface area contributed by atoms with Gasteiger partial charge < -0.3 is 4.42 Å². The fraction of sp³-hybridized carbons (Fsp3) is 0. The van der Waals surface area contributed by atoms with E-state index in [1.54, 1.807) is 60.7 Å². The Morgan fingerprint density at radius 3 is 2.31 bits per heavy atom. The number of nitrogens with zero attached hydrogens (tertiary/aromatic N) is 1. The lowest BCUT2D eigenvalue weighted by atomic mass is 10.1. The Hall–Kier alpha value is -3.16. The van der Waals surface area contributed by atoms with Crippen LogP contribution in [0.1, 0.15) is 5.76 Å². The molecule has 3 aromatic rings. The summed E-state index contributed by atoms with van der Waals surface area (Å²) in [6.07, 6.45) is 1.31. The number of furan rings is 1. The van der Waals surface area contributed by atoms with E-state index in [0.717, 1.165) is 14.9 Å². The number of hydrogen-bond donors (Lipinski definition) is 1. The van der Waals surface area contributed by atoms with Crippen LogP contribution >= 0.6 is 27.5 Å². The second-order valence-electron chi connectivity index (χ2n) is 6.14. The van der Waals surface area contributed by atoms with E-state index in [0.29, 0.717) is 22.2 Å². The zero-order valence-corrected chi connectivity index (χ0v) is 17.0. The summed E-state index contributed by atoms with van der Waals surface area (Å²) in [4.78, 5) is 38.2. The molecule has 1 aliphatic heterocycles. The molecule has 0 aliphatic carbocycles. The average molecular weight is 472 g/mol. The van der Waals surface area contributed by atoms with Crippen LogP contribution in [0.2, 0.25) is 5.02 Å². The Morgan fingerprint density at radius 2 is 1.62 bits per heavy atom. The van der Waals surface area contributed by atoms with Crippen molar-refractivity contribution in [3.63, 3.8) is 0 Å². The maximum absolute atomic E-state index is 12.9. The standard InChI is InChI=1S/C21H12BrClN2O4/c22-13-3-7-15(8-4-13)25-20(27)17(19(26)24-21(25)28)11-16-9-10-18(29-16)12-1-5-14(23)6-2-12/h1-11H,(H,24,26,28)/b17-11-. The molecule has 0 unspecified atom stereocenters. The highest BCUT2D eigenvalue weighted by Crippen LogP contribution is 2.27. The van der Waals surface area contributed by atoms with Gasteiger partial charge in [-0.05, 0) is 66.7 Å². The van der Waals surface area contributed by atoms with E-state index in [9.17, 15) is 14.4 Å². The third kappa shape index (κ3) is 3.87. The molecule has 1 aromatic heterocycles. The van der Waals surface area contributed by atoms with Gasteiger partial charge in [-0.2, -0.15) is 0 Å². The zero-order valence-electron chi connectivity index (χ0n) is 14.7. The van der Waals surface area contributed by atoms with Crippen molar-refractivity contribution in [1.82, 2.24) is 5.32 Å². The van der Waals surface area contributed by atoms with Crippen molar-refractivity contribution in [2.45, 2.75) is 0 Å². The molecule has 4 rings (SSSR count). The molecule has 4 amide bonds. The summed E-state index contributed by atoms with van der Waals surface area (Å²) in [5.74, 6) is -0.653. The predicted molar refractivity (Wildman–Crippen MR) is 112 cm³/mol. The van der Waals surface area contributed by atoms with E-state index in [4.69, 9.17) is 16.0 Å². The molecule has 0 bridgehead atoms. The van der Waals surface area contributed by atoms with Crippen molar-refractivity contribution < 1.29 is 18.8 Å². The summed E-state index contributed by atoms with van der Waals surface area (Å²) in [6, 6.07) is 16.2. The minimum absolute atomic E-state index is 0.204. The highest BCUT2D eigenvalue weighted by Gasteiger charge is 2.37. The zero-order chi connectivity index (χ0) is 20.5. The van der Waals surface area contributed by atoms with Gasteiger partial charge in [0.15, 0.2) is 0 Å². The second-order valence-corrected chi connectivity index (χ2v) is 7.50. The number of nitrogens with one attached hydrogen (secondary N) is 1. The summed E-state index contributed by atoms with van der Waals surface area (Å²) >= 11 is 9.19. The van der Waals surface area contributed by atoms with Gasteiger partial charge in [0.05, 0.1) is 5.69 Å². The Morgan fingerprint density at radius 1 is 0.931 bits per heavy atom. The van der Waals surface area contributed by atoms with Gasteiger partial charge in [-0.25, -0.2) is 9.69 Å². The number of amides is 4. The van der Waals surface area contributed by atoms with Gasteiger partial charge in [-0.1, -0.05) is 27.5 Å². The Labute approximate surface area is 178 Å². The molecule has 0 saturated carbocycles. The van der Waals surface area contributed by atoms with Crippen LogP contribution in [-0.4, -0.2) is 17.8 Å². The van der Waals surface area contributed by atoms with Crippen molar-refractivity contribution >= 4 is 57.1 Å². The first kappa shape index (κ1) is 19.2. The maximum Gasteiger partial charge on any atom is 0.335 e. The minimum atomic E-state index is -0.805. The van der Waals surface area contributed by atoms with Gasteiger partial charge in [0.2, 0.25) is 0 Å². The number of rotatable bonds is 3. The molecular formula is C21H12BrClN2O4. The van der Waals surface area contributed by atoms with Gasteiger partial charge in [-0.3, -0.25) is 14.9 Å². The number of carbonyl (C=O) groups is 3. The first-order valence-electron chi connectivity index (χ1n) is 8.45. The van der Waals surface area contributed by atoms with E-state index in [1.165, 1.54) is 6.08 Å². The highest BCUT2D eigenvalue weighted by atomic mass is 79.9. The fourth-order valence-electron chi connectivity index (χ4n) is 2.82. The monoisotopic (exact) mass is 470 g/mol. The number of imide groups is 2. The molecule has 1 aliphatic rings. The van der Waals surface area contributed by atoms with Crippen molar-refractivity contribution in [2.75, 3.05) is 4.90 Å². The maximum atomic E-state index is 12.9. The first-order chi connectivity index (χ1) is 13.9. The fourth-order valence-corrected chi connectivity index (χ4v) is 3.21. The van der Waals surface area contributed by atoms with Crippen LogP contribution in [0.4, 0.5) is 10.5 Å². The third-order valence-electron chi connectivity index (χ3n) is 4.23. The van der Waals surface area contributed by atoms with Crippen molar-refractivity contribution in [2.24, 2.45) is 0 Å². The van der Waals surface area contributed by atoms with Gasteiger partial charge in [0.25, 0.3) is 11.8 Å². The summed E-state index contributed by atoms with van der Waals surface area (Å²) in [7, 11) is 0. The number of benzene rings is 2. The number of hydrogen-bond acceptors (Lipinski definition) is 4. The number of carbonyl (C=O) groups excluding carboxylic acids is 3. The van der Waals surface area contributed by atoms with Gasteiger partial charge >= 0.3 is 6.03 Å². The SMILES string of the molecule is O=C1NC(=O)N(c2ccc(Br)cc2)C(=O)/C1=C\c1ccc(-c2ccc(Cl)cc2)o1. The molecule has 0 spiro atoms. The van der Waals surface area contributed by atoms with E-state index in [-0.39, 0.29) is 5.57 Å². The first-order valence-corrected chi connectivity index (χ1v) is 9.62. The van der Waals surface area contributed by atoms with Crippen molar-refractivity contribution in [3.8, 4) is 11.3 Å². The molecule has 6 nitrogen and oxygen atoms in total. The normalized spacial score (nSPS) is 15.7. The molecule has 1 fully saturated rings. The minimum Gasteiger partial charge on any atom is -0.457 e. The molecular weight excluding hydrogens is 460 g/mol. The molecule has 0 atom stereocenters. The number of anilines is 1. The molecule has 1 saturated heterocycles. The van der Waals surface area contributed by atoms with Crippen LogP contribution in [0, 0.1) is 0 Å². The molecule has 2 aromatic carbocycles. The summed E-state index contributed by atoms with van der Waals surface area (Å²) in [6.45, 7) is 0. The van der Waals surface area contributed by atoms with Crippen molar-refractivity contribution in [1.29, 1.82) is 0 Å². The molecule has 0 radical (unpaired) electrons. The molecule has 29 heavy (non-hydrogen) atoms. The molecule has 1 N–H and O–H groups in total.